The summed E-state index contributed by atoms with van der Waals surface area (Å²) < 4.78 is 3.75. The Hall–Kier alpha value is -2.28. The van der Waals surface area contributed by atoms with E-state index in [9.17, 15) is 4.79 Å². The maximum absolute atomic E-state index is 12.8. The van der Waals surface area contributed by atoms with Crippen molar-refractivity contribution in [3.63, 3.8) is 0 Å². The van der Waals surface area contributed by atoms with E-state index in [2.05, 4.69) is 10.1 Å². The Labute approximate surface area is 138 Å². The molecule has 1 atom stereocenters. The highest BCUT2D eigenvalue weighted by atomic mass is 32.2. The van der Waals surface area contributed by atoms with E-state index in [1.807, 2.05) is 54.3 Å². The Morgan fingerprint density at radius 2 is 2.17 bits per heavy atom. The molecule has 0 N–H and O–H groups in total. The zero-order valence-electron chi connectivity index (χ0n) is 12.8. The first-order valence-corrected chi connectivity index (χ1v) is 8.50. The number of fused-ring (bicyclic) bond motifs is 1. The lowest BCUT2D eigenvalue weighted by Gasteiger charge is -2.30. The lowest BCUT2D eigenvalue weighted by atomic mass is 10.1. The van der Waals surface area contributed by atoms with Gasteiger partial charge in [0, 0.05) is 32.1 Å². The molecule has 4 heterocycles. The maximum Gasteiger partial charge on any atom is 0.241 e. The topological polar surface area (TPSA) is 55.4 Å². The molecule has 7 heteroatoms. The van der Waals surface area contributed by atoms with Crippen molar-refractivity contribution in [2.24, 2.45) is 7.05 Å². The van der Waals surface area contributed by atoms with Crippen molar-refractivity contribution in [2.75, 3.05) is 11.4 Å². The summed E-state index contributed by atoms with van der Waals surface area (Å²) >= 11 is 1.54. The van der Waals surface area contributed by atoms with Crippen LogP contribution in [0.5, 0.6) is 0 Å². The van der Waals surface area contributed by atoms with Crippen molar-refractivity contribution < 1.29 is 4.79 Å². The minimum atomic E-state index is -0.114. The smallest absolute Gasteiger partial charge is 0.241 e. The summed E-state index contributed by atoms with van der Waals surface area (Å²) in [5, 5.41) is 5.11. The van der Waals surface area contributed by atoms with Crippen LogP contribution in [-0.2, 0) is 11.8 Å². The largest absolute Gasteiger partial charge is 0.295 e. The number of thioether (sulfide) groups is 1. The highest BCUT2D eigenvalue weighted by Crippen LogP contribution is 2.31. The maximum atomic E-state index is 12.8. The summed E-state index contributed by atoms with van der Waals surface area (Å²) in [5.74, 6) is 0.850. The van der Waals surface area contributed by atoms with Crippen LogP contribution in [0.3, 0.4) is 0 Å². The van der Waals surface area contributed by atoms with E-state index in [1.165, 1.54) is 0 Å². The van der Waals surface area contributed by atoms with Crippen molar-refractivity contribution in [2.45, 2.75) is 23.2 Å². The van der Waals surface area contributed by atoms with Gasteiger partial charge in [-0.3, -0.25) is 18.8 Å². The van der Waals surface area contributed by atoms with Crippen molar-refractivity contribution in [1.82, 2.24) is 19.2 Å². The minimum absolute atomic E-state index is 0.114. The average Bonchev–Trinajstić information content (AvgIpc) is 3.16. The van der Waals surface area contributed by atoms with E-state index in [0.29, 0.717) is 0 Å². The molecule has 1 amide bonds. The molecule has 0 bridgehead atoms. The molecule has 1 unspecified atom stereocenters. The number of imidazole rings is 1. The molecule has 0 aliphatic carbocycles. The van der Waals surface area contributed by atoms with E-state index in [0.717, 1.165) is 35.9 Å². The number of carbonyl (C=O) groups is 1. The number of hydrogen-bond donors (Lipinski definition) is 0. The molecule has 0 aromatic carbocycles. The molecule has 1 aliphatic heterocycles. The molecule has 3 aromatic rings. The SMILES string of the molecule is Cn1ccc(N2CCCC(Sc3ncc4ccccn34)C2=O)n1. The highest BCUT2D eigenvalue weighted by Gasteiger charge is 2.32. The number of carbonyl (C=O) groups excluding carboxylic acids is 1. The molecule has 1 aliphatic rings. The zero-order valence-corrected chi connectivity index (χ0v) is 13.6. The summed E-state index contributed by atoms with van der Waals surface area (Å²) in [6, 6.07) is 7.86. The molecular weight excluding hydrogens is 310 g/mol. The van der Waals surface area contributed by atoms with Crippen molar-refractivity contribution >= 4 is 29.0 Å². The fourth-order valence-corrected chi connectivity index (χ4v) is 4.02. The van der Waals surface area contributed by atoms with Crippen LogP contribution < -0.4 is 4.90 Å². The van der Waals surface area contributed by atoms with Gasteiger partial charge in [-0.2, -0.15) is 5.10 Å². The first kappa shape index (κ1) is 14.3. The molecule has 0 radical (unpaired) electrons. The third-order valence-electron chi connectivity index (χ3n) is 4.02. The van der Waals surface area contributed by atoms with Crippen LogP contribution in [0.25, 0.3) is 5.52 Å². The van der Waals surface area contributed by atoms with Gasteiger partial charge in [0.2, 0.25) is 5.91 Å². The Balaban J connectivity index is 1.58. The van der Waals surface area contributed by atoms with Crippen LogP contribution in [0.15, 0.2) is 48.0 Å². The van der Waals surface area contributed by atoms with Gasteiger partial charge in [0.05, 0.1) is 17.0 Å². The number of nitrogens with zero attached hydrogens (tertiary/aromatic N) is 5. The van der Waals surface area contributed by atoms with Gasteiger partial charge in [0.1, 0.15) is 0 Å². The summed E-state index contributed by atoms with van der Waals surface area (Å²) in [4.78, 5) is 19.1. The van der Waals surface area contributed by atoms with E-state index >= 15 is 0 Å². The first-order chi connectivity index (χ1) is 11.2. The van der Waals surface area contributed by atoms with Gasteiger partial charge in [-0.1, -0.05) is 17.8 Å². The lowest BCUT2D eigenvalue weighted by molar-refractivity contribution is -0.119. The van der Waals surface area contributed by atoms with Gasteiger partial charge in [-0.05, 0) is 25.0 Å². The fraction of sp³-hybridized carbons (Fsp3) is 0.312. The molecule has 118 valence electrons. The number of aryl methyl sites for hydroxylation is 1. The normalized spacial score (nSPS) is 18.7. The predicted octanol–water partition coefficient (Wildman–Crippen LogP) is 2.36. The van der Waals surface area contributed by atoms with E-state index in [4.69, 9.17) is 0 Å². The quantitative estimate of drug-likeness (QED) is 0.741. The second kappa shape index (κ2) is 5.73. The molecule has 0 spiro atoms. The summed E-state index contributed by atoms with van der Waals surface area (Å²) in [6.07, 6.45) is 7.53. The van der Waals surface area contributed by atoms with Crippen molar-refractivity contribution in [1.29, 1.82) is 0 Å². The van der Waals surface area contributed by atoms with Crippen molar-refractivity contribution in [3.05, 3.63) is 42.9 Å². The van der Waals surface area contributed by atoms with Crippen LogP contribution in [0.1, 0.15) is 12.8 Å². The van der Waals surface area contributed by atoms with E-state index in [1.54, 1.807) is 21.3 Å². The Morgan fingerprint density at radius 3 is 3.00 bits per heavy atom. The van der Waals surface area contributed by atoms with Gasteiger partial charge < -0.3 is 0 Å². The molecule has 0 saturated carbocycles. The van der Waals surface area contributed by atoms with Gasteiger partial charge >= 0.3 is 0 Å². The van der Waals surface area contributed by atoms with Crippen LogP contribution in [0.2, 0.25) is 0 Å². The Kier molecular flexibility index (Phi) is 3.57. The molecule has 23 heavy (non-hydrogen) atoms. The van der Waals surface area contributed by atoms with E-state index < -0.39 is 0 Å². The van der Waals surface area contributed by atoms with Crippen LogP contribution in [0.4, 0.5) is 5.82 Å². The van der Waals surface area contributed by atoms with Gasteiger partial charge in [0.25, 0.3) is 0 Å². The zero-order chi connectivity index (χ0) is 15.8. The van der Waals surface area contributed by atoms with Gasteiger partial charge in [-0.15, -0.1) is 0 Å². The molecule has 3 aromatic heterocycles. The number of piperidine rings is 1. The Bertz CT molecular complexity index is 855. The second-order valence-corrected chi connectivity index (χ2v) is 6.79. The molecular formula is C16H17N5OS. The highest BCUT2D eigenvalue weighted by molar-refractivity contribution is 8.00. The lowest BCUT2D eigenvalue weighted by Crippen LogP contribution is -2.43. The van der Waals surface area contributed by atoms with Crippen LogP contribution >= 0.6 is 11.8 Å². The number of amides is 1. The minimum Gasteiger partial charge on any atom is -0.295 e. The van der Waals surface area contributed by atoms with Crippen LogP contribution in [-0.4, -0.2) is 36.9 Å². The van der Waals surface area contributed by atoms with E-state index in [-0.39, 0.29) is 11.2 Å². The monoisotopic (exact) mass is 327 g/mol. The molecule has 6 nitrogen and oxygen atoms in total. The number of aromatic nitrogens is 4. The van der Waals surface area contributed by atoms with Crippen LogP contribution in [0, 0.1) is 0 Å². The average molecular weight is 327 g/mol. The number of pyridine rings is 1. The fourth-order valence-electron chi connectivity index (χ4n) is 2.86. The summed E-state index contributed by atoms with van der Waals surface area (Å²) in [7, 11) is 1.86. The first-order valence-electron chi connectivity index (χ1n) is 7.62. The number of hydrogen-bond acceptors (Lipinski definition) is 4. The second-order valence-electron chi connectivity index (χ2n) is 5.62. The third-order valence-corrected chi connectivity index (χ3v) is 5.25. The van der Waals surface area contributed by atoms with Crippen molar-refractivity contribution in [3.8, 4) is 0 Å². The third kappa shape index (κ3) is 2.61. The summed E-state index contributed by atoms with van der Waals surface area (Å²) in [6.45, 7) is 0.731. The number of anilines is 1. The standard InChI is InChI=1S/C16H17N5OS/c1-19-10-7-14(18-19)21-9-4-6-13(15(21)22)23-16-17-11-12-5-2-3-8-20(12)16/h2-3,5,7-8,10-11,13H,4,6,9H2,1H3. The predicted molar refractivity (Wildman–Crippen MR) is 89.6 cm³/mol. The van der Waals surface area contributed by atoms with Gasteiger partial charge in [-0.25, -0.2) is 4.98 Å². The summed E-state index contributed by atoms with van der Waals surface area (Å²) in [5.41, 5.74) is 1.04. The number of rotatable bonds is 3. The van der Waals surface area contributed by atoms with Gasteiger partial charge in [0.15, 0.2) is 11.0 Å². The molecule has 1 fully saturated rings. The Morgan fingerprint density at radius 1 is 1.26 bits per heavy atom. The molecule has 4 rings (SSSR count). The molecule has 1 saturated heterocycles.